The minimum Gasteiger partial charge on any atom is -0.497 e. The molecule has 0 radical (unpaired) electrons. The lowest BCUT2D eigenvalue weighted by Crippen LogP contribution is -2.46. The molecule has 1 aromatic rings. The highest BCUT2D eigenvalue weighted by atomic mass is 16.5. The van der Waals surface area contributed by atoms with E-state index < -0.39 is 0 Å². The summed E-state index contributed by atoms with van der Waals surface area (Å²) in [5.74, 6) is 0.830. The van der Waals surface area contributed by atoms with E-state index in [-0.39, 0.29) is 5.41 Å². The summed E-state index contributed by atoms with van der Waals surface area (Å²) in [6.07, 6.45) is 0.500. The van der Waals surface area contributed by atoms with Gasteiger partial charge in [-0.2, -0.15) is 5.26 Å². The molecule has 1 heterocycles. The van der Waals surface area contributed by atoms with E-state index in [1.807, 2.05) is 24.3 Å². The van der Waals surface area contributed by atoms with Crippen LogP contribution in [0.2, 0.25) is 0 Å². The zero-order valence-corrected chi connectivity index (χ0v) is 8.69. The van der Waals surface area contributed by atoms with Crippen molar-refractivity contribution in [2.75, 3.05) is 20.3 Å². The fraction of sp³-hybridized carbons (Fsp3) is 0.417. The van der Waals surface area contributed by atoms with Crippen molar-refractivity contribution in [3.05, 3.63) is 29.8 Å². The summed E-state index contributed by atoms with van der Waals surface area (Å²) >= 11 is 0. The predicted octanol–water partition coefficient (Wildman–Crippen LogP) is 1.88. The Hall–Kier alpha value is -1.53. The molecule has 1 aliphatic heterocycles. The van der Waals surface area contributed by atoms with Gasteiger partial charge in [-0.3, -0.25) is 0 Å². The molecule has 0 N–H and O–H groups in total. The van der Waals surface area contributed by atoms with Gasteiger partial charge in [0.15, 0.2) is 0 Å². The van der Waals surface area contributed by atoms with Crippen LogP contribution in [-0.4, -0.2) is 20.3 Å². The molecular weight excluding hydrogens is 190 g/mol. The van der Waals surface area contributed by atoms with Gasteiger partial charge in [-0.15, -0.1) is 0 Å². The number of hydrogen-bond donors (Lipinski definition) is 0. The highest BCUT2D eigenvalue weighted by Crippen LogP contribution is 2.36. The molecule has 1 aliphatic rings. The second-order valence-electron chi connectivity index (χ2n) is 3.84. The maximum Gasteiger partial charge on any atom is 0.119 e. The van der Waals surface area contributed by atoms with Gasteiger partial charge in [-0.25, -0.2) is 0 Å². The Bertz CT molecular complexity index is 391. The summed E-state index contributed by atoms with van der Waals surface area (Å²) in [6, 6.07) is 10.1. The van der Waals surface area contributed by atoms with Crippen molar-refractivity contribution in [1.29, 1.82) is 5.26 Å². The molecule has 78 valence electrons. The fourth-order valence-electron chi connectivity index (χ4n) is 1.82. The van der Waals surface area contributed by atoms with Crippen molar-refractivity contribution in [2.45, 2.75) is 11.8 Å². The van der Waals surface area contributed by atoms with E-state index in [1.54, 1.807) is 7.11 Å². The summed E-state index contributed by atoms with van der Waals surface area (Å²) in [4.78, 5) is 0. The molecule has 0 aliphatic carbocycles. The van der Waals surface area contributed by atoms with Gasteiger partial charge >= 0.3 is 0 Å². The van der Waals surface area contributed by atoms with Crippen LogP contribution in [0.25, 0.3) is 0 Å². The Morgan fingerprint density at radius 2 is 2.33 bits per heavy atom. The van der Waals surface area contributed by atoms with Gasteiger partial charge in [0, 0.05) is 6.42 Å². The largest absolute Gasteiger partial charge is 0.497 e. The SMILES string of the molecule is COc1cccc(C2(CC#N)COC2)c1. The zero-order valence-electron chi connectivity index (χ0n) is 8.69. The Morgan fingerprint density at radius 3 is 2.87 bits per heavy atom. The van der Waals surface area contributed by atoms with Crippen LogP contribution >= 0.6 is 0 Å². The molecular formula is C12H13NO2. The average Bonchev–Trinajstić information content (AvgIpc) is 2.23. The Labute approximate surface area is 89.2 Å². The number of rotatable bonds is 3. The molecule has 0 aromatic heterocycles. The van der Waals surface area contributed by atoms with Crippen molar-refractivity contribution < 1.29 is 9.47 Å². The molecule has 0 amide bonds. The number of nitriles is 1. The van der Waals surface area contributed by atoms with Crippen LogP contribution in [0, 0.1) is 11.3 Å². The highest BCUT2D eigenvalue weighted by molar-refractivity contribution is 5.36. The quantitative estimate of drug-likeness (QED) is 0.753. The minimum atomic E-state index is -0.108. The van der Waals surface area contributed by atoms with Crippen molar-refractivity contribution in [3.8, 4) is 11.8 Å². The fourth-order valence-corrected chi connectivity index (χ4v) is 1.82. The van der Waals surface area contributed by atoms with Crippen molar-refractivity contribution in [1.82, 2.24) is 0 Å². The van der Waals surface area contributed by atoms with Gasteiger partial charge in [0.05, 0.1) is 31.8 Å². The summed E-state index contributed by atoms with van der Waals surface area (Å²) in [5, 5.41) is 8.82. The zero-order chi connectivity index (χ0) is 10.7. The van der Waals surface area contributed by atoms with Crippen LogP contribution in [0.15, 0.2) is 24.3 Å². The smallest absolute Gasteiger partial charge is 0.119 e. The average molecular weight is 203 g/mol. The molecule has 1 aromatic carbocycles. The van der Waals surface area contributed by atoms with Gasteiger partial charge < -0.3 is 9.47 Å². The number of methoxy groups -OCH3 is 1. The lowest BCUT2D eigenvalue weighted by atomic mass is 9.76. The molecule has 0 atom stereocenters. The lowest BCUT2D eigenvalue weighted by Gasteiger charge is -2.40. The number of nitrogens with zero attached hydrogens (tertiary/aromatic N) is 1. The Morgan fingerprint density at radius 1 is 1.53 bits per heavy atom. The maximum atomic E-state index is 8.82. The third-order valence-corrected chi connectivity index (χ3v) is 2.86. The highest BCUT2D eigenvalue weighted by Gasteiger charge is 2.40. The van der Waals surface area contributed by atoms with E-state index in [4.69, 9.17) is 14.7 Å². The first kappa shape index (κ1) is 10.0. The van der Waals surface area contributed by atoms with E-state index in [0.29, 0.717) is 19.6 Å². The molecule has 0 unspecified atom stereocenters. The molecule has 0 saturated carbocycles. The van der Waals surface area contributed by atoms with Crippen LogP contribution in [0.3, 0.4) is 0 Å². The van der Waals surface area contributed by atoms with E-state index in [9.17, 15) is 0 Å². The monoisotopic (exact) mass is 203 g/mol. The number of benzene rings is 1. The van der Waals surface area contributed by atoms with Crippen LogP contribution < -0.4 is 4.74 Å². The van der Waals surface area contributed by atoms with Crippen molar-refractivity contribution in [3.63, 3.8) is 0 Å². The van der Waals surface area contributed by atoms with E-state index in [2.05, 4.69) is 6.07 Å². The molecule has 3 heteroatoms. The molecule has 1 saturated heterocycles. The Balaban J connectivity index is 2.31. The molecule has 2 rings (SSSR count). The molecule has 0 bridgehead atoms. The maximum absolute atomic E-state index is 8.82. The van der Waals surface area contributed by atoms with E-state index >= 15 is 0 Å². The molecule has 1 fully saturated rings. The lowest BCUT2D eigenvalue weighted by molar-refractivity contribution is -0.0577. The topological polar surface area (TPSA) is 42.2 Å². The molecule has 3 nitrogen and oxygen atoms in total. The summed E-state index contributed by atoms with van der Waals surface area (Å²) in [5.41, 5.74) is 1.03. The van der Waals surface area contributed by atoms with Crippen molar-refractivity contribution >= 4 is 0 Å². The third kappa shape index (κ3) is 1.69. The third-order valence-electron chi connectivity index (χ3n) is 2.86. The summed E-state index contributed by atoms with van der Waals surface area (Å²) in [7, 11) is 1.65. The molecule has 0 spiro atoms. The van der Waals surface area contributed by atoms with Crippen LogP contribution in [0.1, 0.15) is 12.0 Å². The second kappa shape index (κ2) is 3.92. The summed E-state index contributed by atoms with van der Waals surface area (Å²) in [6.45, 7) is 1.27. The first-order chi connectivity index (χ1) is 7.30. The summed E-state index contributed by atoms with van der Waals surface area (Å²) < 4.78 is 10.4. The normalized spacial score (nSPS) is 17.6. The van der Waals surface area contributed by atoms with Crippen molar-refractivity contribution in [2.24, 2.45) is 0 Å². The molecule has 15 heavy (non-hydrogen) atoms. The van der Waals surface area contributed by atoms with E-state index in [1.165, 1.54) is 0 Å². The van der Waals surface area contributed by atoms with Gasteiger partial charge in [0.1, 0.15) is 5.75 Å². The standard InChI is InChI=1S/C12H13NO2/c1-14-11-4-2-3-10(7-11)12(5-6-13)8-15-9-12/h2-4,7H,5,8-9H2,1H3. The van der Waals surface area contributed by atoms with Crippen LogP contribution in [0.4, 0.5) is 0 Å². The predicted molar refractivity (Wildman–Crippen MR) is 55.7 cm³/mol. The Kier molecular flexibility index (Phi) is 2.61. The van der Waals surface area contributed by atoms with Gasteiger partial charge in [-0.1, -0.05) is 12.1 Å². The number of hydrogen-bond acceptors (Lipinski definition) is 3. The van der Waals surface area contributed by atoms with E-state index in [0.717, 1.165) is 11.3 Å². The first-order valence-electron chi connectivity index (χ1n) is 4.90. The number of ether oxygens (including phenoxy) is 2. The second-order valence-corrected chi connectivity index (χ2v) is 3.84. The minimum absolute atomic E-state index is 0.108. The van der Waals surface area contributed by atoms with Crippen LogP contribution in [0.5, 0.6) is 5.75 Å². The van der Waals surface area contributed by atoms with Gasteiger partial charge in [0.25, 0.3) is 0 Å². The van der Waals surface area contributed by atoms with Crippen LogP contribution in [-0.2, 0) is 10.2 Å². The first-order valence-corrected chi connectivity index (χ1v) is 4.90. The van der Waals surface area contributed by atoms with Gasteiger partial charge in [-0.05, 0) is 17.7 Å². The van der Waals surface area contributed by atoms with Gasteiger partial charge in [0.2, 0.25) is 0 Å².